The first-order valence-electron chi connectivity index (χ1n) is 47.3. The number of para-hydroxylation sites is 4. The van der Waals surface area contributed by atoms with Crippen LogP contribution in [0.4, 0.5) is 40.3 Å². The van der Waals surface area contributed by atoms with Gasteiger partial charge in [0.25, 0.3) is 5.91 Å². The molecule has 24 rings (SSSR count). The molecule has 132 heavy (non-hydrogen) atoms. The maximum Gasteiger partial charge on any atom is 0.252 e. The van der Waals surface area contributed by atoms with Crippen LogP contribution in [-0.2, 0) is 100 Å². The highest BCUT2D eigenvalue weighted by molar-refractivity contribution is 6.12. The third kappa shape index (κ3) is 15.2. The van der Waals surface area contributed by atoms with Crippen molar-refractivity contribution in [3.63, 3.8) is 0 Å². The Kier molecular flexibility index (Phi) is 22.7. The van der Waals surface area contributed by atoms with Crippen LogP contribution < -0.4 is 19.6 Å². The van der Waals surface area contributed by atoms with Crippen molar-refractivity contribution in [2.45, 2.75) is 170 Å². The predicted octanol–water partition coefficient (Wildman–Crippen LogP) is 17.4. The SMILES string of the molecule is CC1CCC(N2CC3(C2)C(=O)N(Cc2ccc(-c4cnn(C)c4)cc2F)c2ccccc23)CC1.CC1CCC(N2CCC23C(=O)N(Cc2ccc(-c4cnn(C)c4)cc2F)c2ccccc23)CC1.CC1CCCC1N1CC2(C1)C(=O)N(Cc1ccc(-c3cnn(C)c3)cc1F)c1ccccc12.Cn1cc(-c2ccc(CN3C(=O)C4(CN(C5COC5)C4)c4ccccc43)c(F)c2)cn1. The number of carbonyl (C=O) groups is 4. The monoisotopic (exact) mass is 1780 g/mol. The Balaban J connectivity index is 0.000000106. The second kappa shape index (κ2) is 34.5. The molecule has 25 heteroatoms. The molecule has 9 aliphatic heterocycles. The molecule has 5 saturated heterocycles. The van der Waals surface area contributed by atoms with Crippen LogP contribution in [0, 0.1) is 41.0 Å². The standard InChI is InChI=1S/2C28H31FN4O.C27H29FN4O.C24H23FN4O2/c1-19-7-11-23(12-8-19)32-17-28(18-32)24-5-3-4-6-26(24)33(27(28)34)16-21-10-9-20(13-25(21)29)22-14-30-31(2)15-22;1-19-7-11-23(12-8-19)33-14-13-28(33)24-5-3-4-6-26(24)32(27(28)34)18-21-10-9-20(15-25(21)29)22-16-30-31(2)17-22;1-18-6-5-9-24(18)31-16-27(17-31)22-7-3-4-8-25(22)32(26(27)33)15-20-11-10-19(12-23(20)28)21-13-29-30(2)14-21;1-27-10-18(9-26-27)16-6-7-17(21(25)8-16)11-29-22-5-3-2-4-20(22)24(23(29)30)14-28(15-24)19-12-31-13-19/h3-6,9-10,13-15,19,23H,7-8,11-12,16-18H2,1-2H3;3-6,9-10,15-17,19,23H,7-8,11-14,18H2,1-2H3;3-4,7-8,10-14,18,24H,5-6,9,15-17H2,1-2H3;2-10,19H,11-15H2,1H3. The lowest BCUT2D eigenvalue weighted by molar-refractivity contribution is -0.145. The molecule has 8 fully saturated rings. The van der Waals surface area contributed by atoms with Crippen LogP contribution in [0.15, 0.2) is 219 Å². The molecule has 0 radical (unpaired) electrons. The van der Waals surface area contributed by atoms with E-state index >= 15 is 17.6 Å². The number of aromatic nitrogens is 8. The smallest absolute Gasteiger partial charge is 0.252 e. The molecule has 12 aromatic rings. The number of aryl methyl sites for hydroxylation is 4. The van der Waals surface area contributed by atoms with Crippen molar-refractivity contribution in [1.29, 1.82) is 0 Å². The van der Waals surface area contributed by atoms with E-state index in [2.05, 4.69) is 79.0 Å². The van der Waals surface area contributed by atoms with Gasteiger partial charge in [-0.15, -0.1) is 0 Å². The molecule has 0 bridgehead atoms. The van der Waals surface area contributed by atoms with Gasteiger partial charge in [-0.25, -0.2) is 17.6 Å². The molecule has 3 atom stereocenters. The summed E-state index contributed by atoms with van der Waals surface area (Å²) in [5.74, 6) is 1.49. The van der Waals surface area contributed by atoms with E-state index in [1.54, 1.807) is 101 Å². The van der Waals surface area contributed by atoms with E-state index in [9.17, 15) is 19.2 Å². The van der Waals surface area contributed by atoms with Crippen molar-refractivity contribution in [2.24, 2.45) is 45.9 Å². The number of benzene rings is 8. The third-order valence-electron chi connectivity index (χ3n) is 31.4. The first-order valence-corrected chi connectivity index (χ1v) is 47.3. The average Bonchev–Trinajstić information content (AvgIpc) is 1.64. The van der Waals surface area contributed by atoms with E-state index in [1.165, 1.54) is 63.9 Å². The fourth-order valence-electron chi connectivity index (χ4n) is 23.7. The number of hydrogen-bond acceptors (Lipinski definition) is 13. The van der Waals surface area contributed by atoms with Crippen LogP contribution in [0.1, 0.15) is 142 Å². The number of likely N-dealkylation sites (tertiary alicyclic amines) is 4. The Hall–Kier alpha value is -12.0. The predicted molar refractivity (Wildman–Crippen MR) is 502 cm³/mol. The second-order valence-electron chi connectivity index (χ2n) is 39.7. The Labute approximate surface area is 768 Å². The lowest BCUT2D eigenvalue weighted by Gasteiger charge is -2.54. The quantitative estimate of drug-likeness (QED) is 0.0837. The number of halogens is 4. The van der Waals surface area contributed by atoms with Gasteiger partial charge in [0.2, 0.25) is 17.7 Å². The largest absolute Gasteiger partial charge is 0.378 e. The number of fused-ring (bicyclic) bond motifs is 8. The van der Waals surface area contributed by atoms with E-state index in [1.807, 2.05) is 161 Å². The fourth-order valence-corrected chi connectivity index (χ4v) is 23.7. The Morgan fingerprint density at radius 2 is 0.667 bits per heavy atom. The zero-order valence-electron chi connectivity index (χ0n) is 76.2. The van der Waals surface area contributed by atoms with Crippen molar-refractivity contribution in [1.82, 2.24) is 58.7 Å². The van der Waals surface area contributed by atoms with Crippen molar-refractivity contribution in [3.8, 4) is 44.5 Å². The highest BCUT2D eigenvalue weighted by atomic mass is 19.1. The number of ether oxygens (including phenoxy) is 1. The lowest BCUT2D eigenvalue weighted by Crippen LogP contribution is -2.69. The summed E-state index contributed by atoms with van der Waals surface area (Å²) in [5.41, 5.74) is 14.7. The van der Waals surface area contributed by atoms with E-state index in [0.717, 1.165) is 167 Å². The zero-order valence-corrected chi connectivity index (χ0v) is 76.2. The van der Waals surface area contributed by atoms with Gasteiger partial charge in [-0.2, -0.15) is 20.4 Å². The van der Waals surface area contributed by atoms with E-state index in [0.29, 0.717) is 65.4 Å². The fraction of sp³-hybridized carbons (Fsp3) is 0.402. The summed E-state index contributed by atoms with van der Waals surface area (Å²) in [5, 5.41) is 16.7. The van der Waals surface area contributed by atoms with Gasteiger partial charge in [0, 0.05) is 190 Å². The molecule has 4 aromatic heterocycles. The third-order valence-corrected chi connectivity index (χ3v) is 31.4. The Bertz CT molecular complexity index is 6420. The van der Waals surface area contributed by atoms with Crippen molar-refractivity contribution < 1.29 is 41.5 Å². The number of anilines is 4. The number of nitrogens with zero attached hydrogens (tertiary/aromatic N) is 16. The van der Waals surface area contributed by atoms with Crippen molar-refractivity contribution in [3.05, 3.63) is 287 Å². The van der Waals surface area contributed by atoms with Crippen LogP contribution in [0.2, 0.25) is 0 Å². The molecule has 3 aliphatic carbocycles. The Morgan fingerprint density at radius 3 is 0.970 bits per heavy atom. The number of rotatable bonds is 16. The minimum atomic E-state index is -0.575. The van der Waals surface area contributed by atoms with Gasteiger partial charge < -0.3 is 24.3 Å². The number of hydrogen-bond donors (Lipinski definition) is 0. The van der Waals surface area contributed by atoms with Crippen LogP contribution in [0.5, 0.6) is 0 Å². The summed E-state index contributed by atoms with van der Waals surface area (Å²) in [6.45, 7) is 14.9. The van der Waals surface area contributed by atoms with Crippen LogP contribution in [-0.4, -0.2) is 166 Å². The molecule has 21 nitrogen and oxygen atoms in total. The first-order chi connectivity index (χ1) is 63.9. The van der Waals surface area contributed by atoms with Gasteiger partial charge in [0.05, 0.1) is 70.2 Å². The summed E-state index contributed by atoms with van der Waals surface area (Å²) in [4.78, 5) is 72.2. The summed E-state index contributed by atoms with van der Waals surface area (Å²) in [7, 11) is 7.37. The van der Waals surface area contributed by atoms with Gasteiger partial charge >= 0.3 is 0 Å². The average molecular weight is 1780 g/mol. The highest BCUT2D eigenvalue weighted by Crippen LogP contribution is 2.57. The zero-order chi connectivity index (χ0) is 90.8. The Morgan fingerprint density at radius 1 is 0.348 bits per heavy atom. The summed E-state index contributed by atoms with van der Waals surface area (Å²) >= 11 is 0. The molecule has 12 aliphatic rings. The molecule has 13 heterocycles. The first kappa shape index (κ1) is 86.7. The number of amides is 4. The molecule has 680 valence electrons. The number of carbonyl (C=O) groups excluding carboxylic acids is 4. The summed E-state index contributed by atoms with van der Waals surface area (Å²) in [6, 6.07) is 55.2. The molecule has 3 unspecified atom stereocenters. The molecule has 0 N–H and O–H groups in total. The van der Waals surface area contributed by atoms with Crippen molar-refractivity contribution >= 4 is 46.4 Å². The normalized spacial score (nSPS) is 23.7. The van der Waals surface area contributed by atoms with Crippen LogP contribution in [0.25, 0.3) is 44.5 Å². The molecule has 8 aromatic carbocycles. The van der Waals surface area contributed by atoms with Gasteiger partial charge in [-0.1, -0.05) is 149 Å². The van der Waals surface area contributed by atoms with Crippen LogP contribution in [0.3, 0.4) is 0 Å². The molecule has 3 saturated carbocycles. The minimum absolute atomic E-state index is 0.0703. The molecule has 4 spiro atoms. The van der Waals surface area contributed by atoms with E-state index in [4.69, 9.17) is 4.74 Å². The van der Waals surface area contributed by atoms with E-state index in [-0.39, 0.29) is 73.1 Å². The van der Waals surface area contributed by atoms with E-state index < -0.39 is 21.8 Å². The molecular weight excluding hydrogens is 1670 g/mol. The molecule has 4 amide bonds. The van der Waals surface area contributed by atoms with Gasteiger partial charge in [-0.3, -0.25) is 57.5 Å². The maximum atomic E-state index is 15.2. The lowest BCUT2D eigenvalue weighted by atomic mass is 9.72. The van der Waals surface area contributed by atoms with Gasteiger partial charge in [0.1, 0.15) is 45.1 Å². The maximum absolute atomic E-state index is 15.2. The second-order valence-corrected chi connectivity index (χ2v) is 39.7. The van der Waals surface area contributed by atoms with Gasteiger partial charge in [-0.05, 0) is 176 Å². The minimum Gasteiger partial charge on any atom is -0.378 e. The summed E-state index contributed by atoms with van der Waals surface area (Å²) < 4.78 is 72.6. The van der Waals surface area contributed by atoms with Crippen LogP contribution >= 0.6 is 0 Å². The summed E-state index contributed by atoms with van der Waals surface area (Å²) in [6.07, 6.45) is 28.8. The highest BCUT2D eigenvalue weighted by Gasteiger charge is 2.64. The topological polar surface area (TPSA) is 175 Å². The van der Waals surface area contributed by atoms with Gasteiger partial charge in [0.15, 0.2) is 0 Å². The molecular formula is C107H114F4N16O5. The van der Waals surface area contributed by atoms with Crippen molar-refractivity contribution in [2.75, 3.05) is 78.6 Å².